The number of alkyl halides is 1. The first-order chi connectivity index (χ1) is 16.0. The maximum atomic E-state index is 15.3. The van der Waals surface area contributed by atoms with Gasteiger partial charge in [-0.2, -0.15) is 13.6 Å². The number of nitrogens with two attached hydrogens (primary N) is 1. The molecule has 8 atom stereocenters. The van der Waals surface area contributed by atoms with Crippen LogP contribution in [0.25, 0.3) is 0 Å². The minimum absolute atomic E-state index is 0.0358. The van der Waals surface area contributed by atoms with Crippen LogP contribution in [0.15, 0.2) is 22.0 Å². The number of phosphoric ester groups is 1. The molecule has 1 fully saturated rings. The number of nitroso groups, excluding NO2 is 1. The van der Waals surface area contributed by atoms with E-state index in [1.165, 1.54) is 12.3 Å². The third-order valence-corrected chi connectivity index (χ3v) is 9.79. The average molecular weight is 566 g/mol. The summed E-state index contributed by atoms with van der Waals surface area (Å²) in [5.74, 6) is -0.111. The van der Waals surface area contributed by atoms with Crippen molar-refractivity contribution in [2.75, 3.05) is 5.73 Å². The lowest BCUT2D eigenvalue weighted by Gasteiger charge is -2.38. The maximum absolute atomic E-state index is 15.3. The van der Waals surface area contributed by atoms with Crippen molar-refractivity contribution in [1.82, 2.24) is 9.55 Å². The first-order valence-electron chi connectivity index (χ1n) is 10.1. The van der Waals surface area contributed by atoms with Gasteiger partial charge >= 0.3 is 29.1 Å². The van der Waals surface area contributed by atoms with Crippen LogP contribution in [-0.4, -0.2) is 47.7 Å². The van der Waals surface area contributed by atoms with Gasteiger partial charge < -0.3 is 25.5 Å². The number of phosphoric acid groups is 2. The van der Waals surface area contributed by atoms with Gasteiger partial charge in [-0.1, -0.05) is 19.8 Å². The van der Waals surface area contributed by atoms with Crippen LogP contribution in [-0.2, 0) is 26.8 Å². The highest BCUT2D eigenvalue weighted by Gasteiger charge is 2.58. The van der Waals surface area contributed by atoms with Crippen molar-refractivity contribution in [3.63, 3.8) is 0 Å². The number of halogens is 1. The summed E-state index contributed by atoms with van der Waals surface area (Å²) in [5.41, 5.74) is 2.96. The number of aliphatic hydroxyl groups is 1. The Morgan fingerprint density at radius 1 is 1.31 bits per heavy atom. The zero-order chi connectivity index (χ0) is 26.8. The fourth-order valence-corrected chi connectivity index (χ4v) is 7.45. The number of nitrogen functional groups attached to an aromatic ring is 1. The van der Waals surface area contributed by atoms with E-state index in [9.17, 15) is 38.3 Å². The number of aromatic nitrogens is 2. The van der Waals surface area contributed by atoms with E-state index in [0.29, 0.717) is 12.8 Å². The molecule has 1 heterocycles. The SMILES string of the molecule is CCCC[C@]1(C(C)OP(=O)(O)OP(=O)(O)OP(=O)(O)N=O)C[C@@H](n2ccc(N)nc2=O)[C@H](F)[C@@H]1O. The Morgan fingerprint density at radius 2 is 1.94 bits per heavy atom. The van der Waals surface area contributed by atoms with Gasteiger partial charge in [-0.15, -0.1) is 4.91 Å². The molecule has 1 aromatic heterocycles. The number of nitrogens with zero attached hydrogens (tertiary/aromatic N) is 3. The molecule has 4 unspecified atom stereocenters. The molecular weight excluding hydrogens is 540 g/mol. The molecule has 2 rings (SSSR count). The second kappa shape index (κ2) is 10.9. The van der Waals surface area contributed by atoms with E-state index in [-0.39, 0.29) is 18.7 Å². The van der Waals surface area contributed by atoms with E-state index < -0.39 is 58.9 Å². The summed E-state index contributed by atoms with van der Waals surface area (Å²) in [6.07, 6.45) is -3.53. The number of hydrogen-bond donors (Lipinski definition) is 5. The molecule has 1 saturated carbocycles. The molecule has 0 amide bonds. The zero-order valence-corrected chi connectivity index (χ0v) is 21.2. The third kappa shape index (κ3) is 7.10. The Morgan fingerprint density at radius 3 is 2.49 bits per heavy atom. The van der Waals surface area contributed by atoms with E-state index in [4.69, 9.17) is 15.2 Å². The van der Waals surface area contributed by atoms with Gasteiger partial charge in [0.05, 0.1) is 18.2 Å². The summed E-state index contributed by atoms with van der Waals surface area (Å²) in [6, 6.07) is -0.0200. The molecule has 6 N–H and O–H groups in total. The van der Waals surface area contributed by atoms with Crippen LogP contribution in [0.5, 0.6) is 0 Å². The Bertz CT molecular complexity index is 1140. The topological polar surface area (TPSA) is 250 Å². The average Bonchev–Trinajstić information content (AvgIpc) is 2.96. The van der Waals surface area contributed by atoms with Gasteiger partial charge in [-0.05, 0) is 25.8 Å². The largest absolute Gasteiger partial charge is 0.496 e. The lowest BCUT2D eigenvalue weighted by Crippen LogP contribution is -2.43. The summed E-state index contributed by atoms with van der Waals surface area (Å²) < 4.78 is 63.9. The first-order valence-corrected chi connectivity index (χ1v) is 14.6. The quantitative estimate of drug-likeness (QED) is 0.180. The third-order valence-electron chi connectivity index (χ3n) is 5.67. The van der Waals surface area contributed by atoms with E-state index >= 15 is 4.39 Å². The number of rotatable bonds is 12. The van der Waals surface area contributed by atoms with Crippen molar-refractivity contribution in [3.05, 3.63) is 27.7 Å². The minimum atomic E-state index is -5.83. The number of anilines is 1. The lowest BCUT2D eigenvalue weighted by atomic mass is 9.74. The Balaban J connectivity index is 2.35. The Hall–Kier alpha value is -1.38. The first kappa shape index (κ1) is 29.8. The lowest BCUT2D eigenvalue weighted by molar-refractivity contribution is -0.0645. The normalized spacial score (nSPS) is 30.7. The van der Waals surface area contributed by atoms with Gasteiger partial charge in [0, 0.05) is 16.6 Å². The number of unbranched alkanes of at least 4 members (excludes halogenated alkanes) is 1. The predicted molar refractivity (Wildman–Crippen MR) is 117 cm³/mol. The van der Waals surface area contributed by atoms with Gasteiger partial charge in [0.2, 0.25) is 0 Å². The molecule has 0 bridgehead atoms. The Kier molecular flexibility index (Phi) is 9.32. The van der Waals surface area contributed by atoms with E-state index in [0.717, 1.165) is 11.5 Å². The van der Waals surface area contributed by atoms with Gasteiger partial charge in [0.15, 0.2) is 0 Å². The maximum Gasteiger partial charge on any atom is 0.496 e. The van der Waals surface area contributed by atoms with Gasteiger partial charge in [-0.3, -0.25) is 9.09 Å². The van der Waals surface area contributed by atoms with Gasteiger partial charge in [0.25, 0.3) is 0 Å². The van der Waals surface area contributed by atoms with Crippen molar-refractivity contribution in [2.45, 2.75) is 64.0 Å². The summed E-state index contributed by atoms with van der Waals surface area (Å²) in [4.78, 5) is 55.8. The molecule has 0 aliphatic heterocycles. The molecule has 0 spiro atoms. The highest BCUT2D eigenvalue weighted by molar-refractivity contribution is 7.67. The molecule has 1 aliphatic carbocycles. The molecule has 1 aromatic rings. The monoisotopic (exact) mass is 566 g/mol. The van der Waals surface area contributed by atoms with Crippen LogP contribution < -0.4 is 11.4 Å². The van der Waals surface area contributed by atoms with Crippen LogP contribution >= 0.6 is 23.4 Å². The van der Waals surface area contributed by atoms with Crippen LogP contribution in [0.3, 0.4) is 0 Å². The van der Waals surface area contributed by atoms with E-state index in [2.05, 4.69) is 13.6 Å². The number of aliphatic hydroxyl groups excluding tert-OH is 1. The summed E-state index contributed by atoms with van der Waals surface area (Å²) >= 11 is 0. The molecule has 16 nitrogen and oxygen atoms in total. The van der Waals surface area contributed by atoms with E-state index in [1.807, 2.05) is 0 Å². The zero-order valence-electron chi connectivity index (χ0n) is 18.5. The molecule has 0 aromatic carbocycles. The number of hydrogen-bond acceptors (Lipinski definition) is 11. The fraction of sp³-hybridized carbons (Fsp3) is 0.733. The Labute approximate surface area is 198 Å². The van der Waals surface area contributed by atoms with Crippen molar-refractivity contribution in [3.8, 4) is 0 Å². The van der Waals surface area contributed by atoms with Crippen LogP contribution in [0.2, 0.25) is 0 Å². The standard InChI is InChI=1S/C15H26FN4O12P3/c1-3-4-6-15(8-10(12(16)13(15)21)20-7-5-11(17)18-14(20)22)9(2)30-34(26,27)32-35(28,29)31-33(24,25)19-23/h5,7,9-10,12-13,21H,3-4,6,8H2,1-2H3,(H,24,25)(H,26,27)(H,28,29)(H2,17,18,22)/t9?,10-,12+,13+,15-/m1/s1. The predicted octanol–water partition coefficient (Wildman–Crippen LogP) is 2.15. The van der Waals surface area contributed by atoms with Crippen molar-refractivity contribution < 1.29 is 51.0 Å². The highest BCUT2D eigenvalue weighted by atomic mass is 31.3. The summed E-state index contributed by atoms with van der Waals surface area (Å²) in [7, 11) is -16.9. The summed E-state index contributed by atoms with van der Waals surface area (Å²) in [5, 5.41) is 10.8. The van der Waals surface area contributed by atoms with Crippen molar-refractivity contribution >= 4 is 29.2 Å². The molecule has 1 aliphatic rings. The molecule has 0 saturated heterocycles. The van der Waals surface area contributed by atoms with Crippen molar-refractivity contribution in [2.24, 2.45) is 10.4 Å². The van der Waals surface area contributed by atoms with Gasteiger partial charge in [-0.25, -0.2) is 22.9 Å². The summed E-state index contributed by atoms with van der Waals surface area (Å²) in [6.45, 7) is 2.95. The van der Waals surface area contributed by atoms with Crippen LogP contribution in [0.4, 0.5) is 10.2 Å². The second-order valence-electron chi connectivity index (χ2n) is 7.96. The van der Waals surface area contributed by atoms with Crippen LogP contribution in [0, 0.1) is 10.3 Å². The molecule has 35 heavy (non-hydrogen) atoms. The van der Waals surface area contributed by atoms with E-state index in [1.54, 1.807) is 11.9 Å². The van der Waals surface area contributed by atoms with Crippen LogP contribution in [0.1, 0.15) is 45.6 Å². The van der Waals surface area contributed by atoms with Gasteiger partial charge in [0.1, 0.15) is 12.0 Å². The smallest absolute Gasteiger partial charge is 0.389 e. The highest BCUT2D eigenvalue weighted by Crippen LogP contribution is 2.68. The molecule has 200 valence electrons. The molecule has 0 radical (unpaired) electrons. The molecule has 20 heteroatoms. The fourth-order valence-electron chi connectivity index (χ4n) is 4.06. The minimum Gasteiger partial charge on any atom is -0.389 e. The second-order valence-corrected chi connectivity index (χ2v) is 12.5. The van der Waals surface area contributed by atoms with Crippen molar-refractivity contribution in [1.29, 1.82) is 0 Å². The molecular formula is C15H26FN4O12P3.